The molecule has 2 saturated heterocycles. The van der Waals surface area contributed by atoms with Crippen LogP contribution < -0.4 is 5.73 Å². The molecule has 2 heterocycles. The Morgan fingerprint density at radius 2 is 1.45 bits per heavy atom. The van der Waals surface area contributed by atoms with E-state index in [0.717, 1.165) is 58.8 Å². The van der Waals surface area contributed by atoms with Gasteiger partial charge in [-0.1, -0.05) is 12.8 Å². The number of carbonyl (C=O) groups excluding carboxylic acids is 1. The van der Waals surface area contributed by atoms with E-state index in [1.165, 1.54) is 25.7 Å². The summed E-state index contributed by atoms with van der Waals surface area (Å²) in [6.45, 7) is 8.61. The third kappa shape index (κ3) is 5.04. The molecule has 0 aromatic rings. The van der Waals surface area contributed by atoms with E-state index in [1.54, 1.807) is 0 Å². The van der Waals surface area contributed by atoms with Crippen LogP contribution >= 0.6 is 0 Å². The SMILES string of the molecule is NCCCN1CCN(CC(=O)N2CCCCCC2)CC1. The third-order valence-electron chi connectivity index (χ3n) is 4.46. The minimum Gasteiger partial charge on any atom is -0.342 e. The Kier molecular flexibility index (Phi) is 6.76. The van der Waals surface area contributed by atoms with Crippen molar-refractivity contribution in [1.82, 2.24) is 14.7 Å². The maximum Gasteiger partial charge on any atom is 0.236 e. The fourth-order valence-corrected chi connectivity index (χ4v) is 3.10. The van der Waals surface area contributed by atoms with Crippen LogP contribution in [0.25, 0.3) is 0 Å². The van der Waals surface area contributed by atoms with Crippen LogP contribution in [0.3, 0.4) is 0 Å². The average Bonchev–Trinajstić information content (AvgIpc) is 2.75. The number of nitrogens with two attached hydrogens (primary N) is 1. The monoisotopic (exact) mass is 282 g/mol. The fourth-order valence-electron chi connectivity index (χ4n) is 3.10. The summed E-state index contributed by atoms with van der Waals surface area (Å²) in [4.78, 5) is 19.2. The second-order valence-corrected chi connectivity index (χ2v) is 6.06. The molecule has 2 rings (SSSR count). The molecular weight excluding hydrogens is 252 g/mol. The lowest BCUT2D eigenvalue weighted by molar-refractivity contribution is -0.132. The van der Waals surface area contributed by atoms with Gasteiger partial charge in [0.05, 0.1) is 6.54 Å². The third-order valence-corrected chi connectivity index (χ3v) is 4.46. The highest BCUT2D eigenvalue weighted by Gasteiger charge is 2.21. The van der Waals surface area contributed by atoms with E-state index < -0.39 is 0 Å². The summed E-state index contributed by atoms with van der Waals surface area (Å²) in [6, 6.07) is 0. The Bertz CT molecular complexity index is 282. The Balaban J connectivity index is 1.67. The van der Waals surface area contributed by atoms with E-state index in [2.05, 4.69) is 14.7 Å². The second kappa shape index (κ2) is 8.60. The zero-order valence-electron chi connectivity index (χ0n) is 12.7. The Labute approximate surface area is 123 Å². The van der Waals surface area contributed by atoms with Crippen molar-refractivity contribution >= 4 is 5.91 Å². The van der Waals surface area contributed by atoms with Gasteiger partial charge in [-0.25, -0.2) is 0 Å². The van der Waals surface area contributed by atoms with Crippen molar-refractivity contribution < 1.29 is 4.79 Å². The zero-order chi connectivity index (χ0) is 14.2. The van der Waals surface area contributed by atoms with Crippen LogP contribution in [-0.4, -0.2) is 79.5 Å². The maximum absolute atomic E-state index is 12.3. The Morgan fingerprint density at radius 1 is 0.850 bits per heavy atom. The molecule has 0 saturated carbocycles. The summed E-state index contributed by atoms with van der Waals surface area (Å²) in [5.74, 6) is 0.335. The van der Waals surface area contributed by atoms with Gasteiger partial charge in [0.2, 0.25) is 5.91 Å². The summed E-state index contributed by atoms with van der Waals surface area (Å²) >= 11 is 0. The van der Waals surface area contributed by atoms with E-state index in [-0.39, 0.29) is 0 Å². The molecule has 20 heavy (non-hydrogen) atoms. The van der Waals surface area contributed by atoms with Gasteiger partial charge in [0.15, 0.2) is 0 Å². The first-order chi connectivity index (χ1) is 9.79. The van der Waals surface area contributed by atoms with Gasteiger partial charge >= 0.3 is 0 Å². The number of rotatable bonds is 5. The zero-order valence-corrected chi connectivity index (χ0v) is 12.7. The quantitative estimate of drug-likeness (QED) is 0.791. The first-order valence-electron chi connectivity index (χ1n) is 8.22. The topological polar surface area (TPSA) is 52.8 Å². The molecule has 116 valence electrons. The molecule has 0 aromatic carbocycles. The Morgan fingerprint density at radius 3 is 2.05 bits per heavy atom. The number of carbonyl (C=O) groups is 1. The minimum absolute atomic E-state index is 0.335. The normalized spacial score (nSPS) is 22.8. The van der Waals surface area contributed by atoms with Crippen LogP contribution in [0, 0.1) is 0 Å². The lowest BCUT2D eigenvalue weighted by Gasteiger charge is -2.35. The molecule has 0 spiro atoms. The van der Waals surface area contributed by atoms with Gasteiger partial charge in [0.25, 0.3) is 0 Å². The van der Waals surface area contributed by atoms with Crippen molar-refractivity contribution in [2.45, 2.75) is 32.1 Å². The lowest BCUT2D eigenvalue weighted by atomic mass is 10.2. The highest BCUT2D eigenvalue weighted by atomic mass is 16.2. The Hall–Kier alpha value is -0.650. The fraction of sp³-hybridized carbons (Fsp3) is 0.933. The van der Waals surface area contributed by atoms with Crippen LogP contribution in [0.4, 0.5) is 0 Å². The molecule has 5 heteroatoms. The van der Waals surface area contributed by atoms with Crippen LogP contribution in [0.2, 0.25) is 0 Å². The number of likely N-dealkylation sites (tertiary alicyclic amines) is 1. The number of nitrogens with zero attached hydrogens (tertiary/aromatic N) is 3. The second-order valence-electron chi connectivity index (χ2n) is 6.06. The number of hydrogen-bond donors (Lipinski definition) is 1. The standard InChI is InChI=1S/C15H30N4O/c16-6-5-7-17-10-12-18(13-11-17)14-15(20)19-8-3-1-2-4-9-19/h1-14,16H2. The van der Waals surface area contributed by atoms with E-state index in [9.17, 15) is 4.79 Å². The molecule has 0 atom stereocenters. The number of hydrogen-bond acceptors (Lipinski definition) is 4. The molecule has 0 aromatic heterocycles. The smallest absolute Gasteiger partial charge is 0.236 e. The predicted octanol–water partition coefficient (Wildman–Crippen LogP) is 0.355. The van der Waals surface area contributed by atoms with Crippen molar-refractivity contribution in [3.8, 4) is 0 Å². The molecule has 0 radical (unpaired) electrons. The summed E-state index contributed by atoms with van der Waals surface area (Å²) in [5.41, 5.74) is 5.55. The first-order valence-corrected chi connectivity index (χ1v) is 8.22. The lowest BCUT2D eigenvalue weighted by Crippen LogP contribution is -2.50. The summed E-state index contributed by atoms with van der Waals surface area (Å²) in [7, 11) is 0. The van der Waals surface area contributed by atoms with Crippen molar-refractivity contribution in [3.63, 3.8) is 0 Å². The van der Waals surface area contributed by atoms with Gasteiger partial charge in [0.1, 0.15) is 0 Å². The molecule has 0 aliphatic carbocycles. The van der Waals surface area contributed by atoms with Crippen LogP contribution in [0.1, 0.15) is 32.1 Å². The van der Waals surface area contributed by atoms with Gasteiger partial charge < -0.3 is 15.5 Å². The highest BCUT2D eigenvalue weighted by Crippen LogP contribution is 2.10. The molecular formula is C15H30N4O. The summed E-state index contributed by atoms with van der Waals surface area (Å²) < 4.78 is 0. The molecule has 2 N–H and O–H groups in total. The largest absolute Gasteiger partial charge is 0.342 e. The van der Waals surface area contributed by atoms with Crippen LogP contribution in [0.5, 0.6) is 0 Å². The molecule has 2 aliphatic rings. The molecule has 5 nitrogen and oxygen atoms in total. The van der Waals surface area contributed by atoms with E-state index in [0.29, 0.717) is 12.5 Å². The van der Waals surface area contributed by atoms with Crippen LogP contribution in [0.15, 0.2) is 0 Å². The van der Waals surface area contributed by atoms with Gasteiger partial charge in [-0.2, -0.15) is 0 Å². The molecule has 2 aliphatic heterocycles. The molecule has 2 fully saturated rings. The van der Waals surface area contributed by atoms with E-state index >= 15 is 0 Å². The predicted molar refractivity (Wildman–Crippen MR) is 81.6 cm³/mol. The van der Waals surface area contributed by atoms with Crippen LogP contribution in [-0.2, 0) is 4.79 Å². The number of amides is 1. The highest BCUT2D eigenvalue weighted by molar-refractivity contribution is 5.78. The van der Waals surface area contributed by atoms with Crippen molar-refractivity contribution in [1.29, 1.82) is 0 Å². The van der Waals surface area contributed by atoms with Crippen molar-refractivity contribution in [2.75, 3.05) is 58.9 Å². The maximum atomic E-state index is 12.3. The average molecular weight is 282 g/mol. The van der Waals surface area contributed by atoms with Crippen molar-refractivity contribution in [3.05, 3.63) is 0 Å². The number of piperazine rings is 1. The van der Waals surface area contributed by atoms with E-state index in [4.69, 9.17) is 5.73 Å². The summed E-state index contributed by atoms with van der Waals surface area (Å²) in [6.07, 6.45) is 6.00. The summed E-state index contributed by atoms with van der Waals surface area (Å²) in [5, 5.41) is 0. The van der Waals surface area contributed by atoms with Gasteiger partial charge in [-0.05, 0) is 32.4 Å². The van der Waals surface area contributed by atoms with Gasteiger partial charge in [-0.15, -0.1) is 0 Å². The van der Waals surface area contributed by atoms with E-state index in [1.807, 2.05) is 0 Å². The first kappa shape index (κ1) is 15.7. The minimum atomic E-state index is 0.335. The van der Waals surface area contributed by atoms with Gasteiger partial charge in [0, 0.05) is 39.3 Å². The molecule has 0 bridgehead atoms. The molecule has 1 amide bonds. The molecule has 0 unspecified atom stereocenters. The van der Waals surface area contributed by atoms with Crippen molar-refractivity contribution in [2.24, 2.45) is 5.73 Å². The van der Waals surface area contributed by atoms with Gasteiger partial charge in [-0.3, -0.25) is 9.69 Å².